The van der Waals surface area contributed by atoms with E-state index in [-0.39, 0.29) is 0 Å². The fourth-order valence-corrected chi connectivity index (χ4v) is 20.5. The Morgan fingerprint density at radius 1 is 0.579 bits per heavy atom. The van der Waals surface area contributed by atoms with E-state index in [4.69, 9.17) is 4.12 Å². The van der Waals surface area contributed by atoms with Gasteiger partial charge in [0.15, 0.2) is 16.6 Å². The third-order valence-electron chi connectivity index (χ3n) is 3.54. The predicted molar refractivity (Wildman–Crippen MR) is 102 cm³/mol. The molecule has 0 saturated carbocycles. The van der Waals surface area contributed by atoms with Gasteiger partial charge in [-0.3, -0.25) is 0 Å². The second-order valence-electron chi connectivity index (χ2n) is 9.70. The molecule has 0 fully saturated rings. The van der Waals surface area contributed by atoms with Crippen molar-refractivity contribution in [1.29, 1.82) is 0 Å². The van der Waals surface area contributed by atoms with Crippen molar-refractivity contribution in [2.45, 2.75) is 89.6 Å². The van der Waals surface area contributed by atoms with E-state index in [2.05, 4.69) is 65.5 Å². The summed E-state index contributed by atoms with van der Waals surface area (Å²) in [6, 6.07) is 5.90. The van der Waals surface area contributed by atoms with Crippen LogP contribution < -0.4 is 0 Å². The van der Waals surface area contributed by atoms with Crippen LogP contribution in [0.1, 0.15) is 0 Å². The van der Waals surface area contributed by atoms with Gasteiger partial charge in [-0.15, -0.1) is 0 Å². The first kappa shape index (κ1) is 19.8. The fraction of sp³-hybridized carbons (Fsp3) is 1.00. The van der Waals surface area contributed by atoms with E-state index in [0.29, 0.717) is 0 Å². The second kappa shape index (κ2) is 6.73. The van der Waals surface area contributed by atoms with Gasteiger partial charge in [-0.2, -0.15) is 0 Å². The molecule has 0 aromatic carbocycles. The molecule has 0 saturated heterocycles. The molecule has 0 amide bonds. The standard InChI is InChI=1S/C14H38OSi4/c1-16(2,3)11-12-18(7,8)13-14-19(9,10)15-17(4,5)6/h11-14H2,1-10H3. The van der Waals surface area contributed by atoms with Crippen LogP contribution in [0, 0.1) is 0 Å². The summed E-state index contributed by atoms with van der Waals surface area (Å²) in [4.78, 5) is 0. The molecule has 0 heterocycles. The van der Waals surface area contributed by atoms with Crippen LogP contribution in [0.5, 0.6) is 0 Å². The van der Waals surface area contributed by atoms with Crippen LogP contribution in [0.15, 0.2) is 0 Å². The summed E-state index contributed by atoms with van der Waals surface area (Å²) in [6.07, 6.45) is 0. The van der Waals surface area contributed by atoms with E-state index in [1.165, 1.54) is 24.2 Å². The Bertz CT molecular complexity index is 274. The minimum absolute atomic E-state index is 0.858. The zero-order chi connectivity index (χ0) is 15.5. The van der Waals surface area contributed by atoms with Crippen LogP contribution in [0.3, 0.4) is 0 Å². The summed E-state index contributed by atoms with van der Waals surface area (Å²) in [5.41, 5.74) is 0. The molecule has 0 rings (SSSR count). The predicted octanol–water partition coefficient (Wildman–Crippen LogP) is 6.09. The first-order valence-corrected chi connectivity index (χ1v) is 21.5. The van der Waals surface area contributed by atoms with Crippen molar-refractivity contribution in [3.8, 4) is 0 Å². The maximum atomic E-state index is 6.47. The maximum absolute atomic E-state index is 6.47. The normalized spacial score (nSPS) is 14.8. The average molecular weight is 335 g/mol. The van der Waals surface area contributed by atoms with Gasteiger partial charge in [0, 0.05) is 16.1 Å². The molecule has 0 spiro atoms. The molecule has 19 heavy (non-hydrogen) atoms. The van der Waals surface area contributed by atoms with Gasteiger partial charge in [-0.1, -0.05) is 50.9 Å². The first-order chi connectivity index (χ1) is 8.12. The van der Waals surface area contributed by atoms with E-state index < -0.39 is 32.8 Å². The SMILES string of the molecule is C[Si](C)(C)CC[Si](C)(C)CC[Si](C)(C)O[Si](C)(C)C. The molecule has 0 bridgehead atoms. The van der Waals surface area contributed by atoms with Crippen LogP contribution in [0.25, 0.3) is 0 Å². The smallest absolute Gasteiger partial charge is 0.173 e. The topological polar surface area (TPSA) is 9.23 Å². The van der Waals surface area contributed by atoms with E-state index >= 15 is 0 Å². The quantitative estimate of drug-likeness (QED) is 0.488. The van der Waals surface area contributed by atoms with Crippen molar-refractivity contribution in [2.24, 2.45) is 0 Å². The van der Waals surface area contributed by atoms with Crippen molar-refractivity contribution in [2.75, 3.05) is 0 Å². The first-order valence-electron chi connectivity index (χ1n) is 7.82. The molecule has 0 unspecified atom stereocenters. The third-order valence-corrected chi connectivity index (χ3v) is 15.6. The Balaban J connectivity index is 4.29. The van der Waals surface area contributed by atoms with Gasteiger partial charge in [0.2, 0.25) is 0 Å². The zero-order valence-electron chi connectivity index (χ0n) is 15.2. The molecule has 5 heteroatoms. The molecule has 0 aromatic rings. The fourth-order valence-electron chi connectivity index (χ4n) is 2.36. The Labute approximate surface area is 126 Å². The highest BCUT2D eigenvalue weighted by Crippen LogP contribution is 2.29. The van der Waals surface area contributed by atoms with E-state index in [0.717, 1.165) is 0 Å². The van der Waals surface area contributed by atoms with Crippen molar-refractivity contribution < 1.29 is 4.12 Å². The number of rotatable bonds is 8. The maximum Gasteiger partial charge on any atom is 0.173 e. The summed E-state index contributed by atoms with van der Waals surface area (Å²) >= 11 is 0. The molecule has 0 aliphatic rings. The van der Waals surface area contributed by atoms with Gasteiger partial charge in [0.1, 0.15) is 0 Å². The molecule has 116 valence electrons. The molecule has 0 aliphatic carbocycles. The van der Waals surface area contributed by atoms with Gasteiger partial charge in [0.05, 0.1) is 0 Å². The van der Waals surface area contributed by atoms with Crippen molar-refractivity contribution in [3.05, 3.63) is 0 Å². The van der Waals surface area contributed by atoms with Gasteiger partial charge >= 0.3 is 0 Å². The lowest BCUT2D eigenvalue weighted by atomic mass is 10.9. The summed E-state index contributed by atoms with van der Waals surface area (Å²) in [7, 11) is -4.62. The van der Waals surface area contributed by atoms with Gasteiger partial charge in [-0.05, 0) is 38.8 Å². The molecular weight excluding hydrogens is 296 g/mol. The lowest BCUT2D eigenvalue weighted by Crippen LogP contribution is -2.43. The van der Waals surface area contributed by atoms with Gasteiger partial charge in [-0.25, -0.2) is 0 Å². The van der Waals surface area contributed by atoms with Gasteiger partial charge in [0.25, 0.3) is 0 Å². The highest BCUT2D eigenvalue weighted by atomic mass is 28.4. The molecule has 1 nitrogen and oxygen atoms in total. The molecule has 0 aliphatic heterocycles. The minimum Gasteiger partial charge on any atom is -0.456 e. The van der Waals surface area contributed by atoms with Crippen LogP contribution in [0.2, 0.25) is 89.6 Å². The number of hydrogen-bond donors (Lipinski definition) is 0. The summed E-state index contributed by atoms with van der Waals surface area (Å²) in [6.45, 7) is 24.5. The van der Waals surface area contributed by atoms with Crippen LogP contribution in [-0.4, -0.2) is 32.8 Å². The molecule has 0 aromatic heterocycles. The Morgan fingerprint density at radius 2 is 1.00 bits per heavy atom. The summed E-state index contributed by atoms with van der Waals surface area (Å²) < 4.78 is 6.47. The molecule has 0 atom stereocenters. The second-order valence-corrected chi connectivity index (χ2v) is 29.7. The van der Waals surface area contributed by atoms with Crippen molar-refractivity contribution in [1.82, 2.24) is 0 Å². The van der Waals surface area contributed by atoms with Crippen LogP contribution in [0.4, 0.5) is 0 Å². The van der Waals surface area contributed by atoms with E-state index in [1.54, 1.807) is 0 Å². The van der Waals surface area contributed by atoms with Crippen molar-refractivity contribution >= 4 is 32.8 Å². The Kier molecular flexibility index (Phi) is 7.02. The lowest BCUT2D eigenvalue weighted by Gasteiger charge is -2.34. The minimum atomic E-state index is -1.42. The number of hydrogen-bond acceptors (Lipinski definition) is 1. The summed E-state index contributed by atoms with van der Waals surface area (Å²) in [5.74, 6) is 0. The monoisotopic (exact) mass is 334 g/mol. The zero-order valence-corrected chi connectivity index (χ0v) is 19.2. The molecule has 0 N–H and O–H groups in total. The Hall–Kier alpha value is 0.828. The lowest BCUT2D eigenvalue weighted by molar-refractivity contribution is 0.550. The Morgan fingerprint density at radius 3 is 1.37 bits per heavy atom. The third kappa shape index (κ3) is 12.3. The molecular formula is C14H38OSi4. The largest absolute Gasteiger partial charge is 0.456 e. The van der Waals surface area contributed by atoms with Gasteiger partial charge < -0.3 is 4.12 Å². The van der Waals surface area contributed by atoms with Crippen LogP contribution >= 0.6 is 0 Å². The summed E-state index contributed by atoms with van der Waals surface area (Å²) in [5, 5.41) is 0. The highest BCUT2D eigenvalue weighted by Gasteiger charge is 2.32. The van der Waals surface area contributed by atoms with Crippen LogP contribution in [-0.2, 0) is 4.12 Å². The average Bonchev–Trinajstić information content (AvgIpc) is 2.08. The van der Waals surface area contributed by atoms with E-state index in [1.807, 2.05) is 0 Å². The highest BCUT2D eigenvalue weighted by molar-refractivity contribution is 6.86. The van der Waals surface area contributed by atoms with Crippen molar-refractivity contribution in [3.63, 3.8) is 0 Å². The van der Waals surface area contributed by atoms with E-state index in [9.17, 15) is 0 Å². The molecule has 0 radical (unpaired) electrons.